The van der Waals surface area contributed by atoms with Crippen molar-refractivity contribution in [1.29, 1.82) is 0 Å². The van der Waals surface area contributed by atoms with E-state index in [1.807, 2.05) is 43.3 Å². The maximum Gasteiger partial charge on any atom is 0.433 e. The number of hydrogen-bond donors (Lipinski definition) is 6. The van der Waals surface area contributed by atoms with E-state index < -0.39 is 35.6 Å². The number of rotatable bonds is 9. The number of morpholine rings is 2. The smallest absolute Gasteiger partial charge is 0.371 e. The van der Waals surface area contributed by atoms with Crippen LogP contribution in [0.15, 0.2) is 122 Å². The Morgan fingerprint density at radius 2 is 0.986 bits per heavy atom. The first-order valence-electron chi connectivity index (χ1n) is 23.3. The minimum absolute atomic E-state index is 0.0300. The number of amides is 3. The van der Waals surface area contributed by atoms with Crippen LogP contribution in [0.4, 0.5) is 43.4 Å². The molecule has 3 aromatic carbocycles. The number of nitrogens with one attached hydrogen (secondary N) is 6. The van der Waals surface area contributed by atoms with Crippen LogP contribution in [0.2, 0.25) is 5.15 Å². The van der Waals surface area contributed by atoms with E-state index in [9.17, 15) is 40.7 Å². The fraction of sp³-hybridized carbons (Fsp3) is 0.308. The molecule has 3 atom stereocenters. The molecule has 3 amide bonds. The van der Waals surface area contributed by atoms with E-state index in [1.165, 1.54) is 18.4 Å². The highest BCUT2D eigenvalue weighted by molar-refractivity contribution is 6.29. The van der Waals surface area contributed by atoms with E-state index in [0.717, 1.165) is 98.4 Å². The fourth-order valence-corrected chi connectivity index (χ4v) is 8.11. The molecule has 0 saturated carbocycles. The number of pyridine rings is 3. The van der Waals surface area contributed by atoms with Crippen LogP contribution in [-0.2, 0) is 21.8 Å². The zero-order valence-corrected chi connectivity index (χ0v) is 40.1. The van der Waals surface area contributed by atoms with E-state index >= 15 is 0 Å². The Hall–Kier alpha value is -6.81. The average molecular weight is 1030 g/mol. The van der Waals surface area contributed by atoms with Gasteiger partial charge in [-0.25, -0.2) is 4.98 Å². The third-order valence-electron chi connectivity index (χ3n) is 11.7. The molecule has 3 aliphatic rings. The summed E-state index contributed by atoms with van der Waals surface area (Å²) in [6.45, 7) is 8.34. The lowest BCUT2D eigenvalue weighted by Gasteiger charge is -2.24. The van der Waals surface area contributed by atoms with E-state index in [4.69, 9.17) is 21.1 Å². The summed E-state index contributed by atoms with van der Waals surface area (Å²) >= 11 is 5.91. The number of piperidine rings is 1. The summed E-state index contributed by atoms with van der Waals surface area (Å²) in [5.41, 5.74) is 4.44. The van der Waals surface area contributed by atoms with E-state index in [1.54, 1.807) is 36.4 Å². The molecule has 6 aromatic rings. The first kappa shape index (κ1) is 54.0. The first-order valence-corrected chi connectivity index (χ1v) is 23.7. The van der Waals surface area contributed by atoms with Crippen molar-refractivity contribution in [2.45, 2.75) is 50.2 Å². The second kappa shape index (κ2) is 25.2. The molecular weight excluding hydrogens is 980 g/mol. The zero-order valence-electron chi connectivity index (χ0n) is 39.4. The van der Waals surface area contributed by atoms with Gasteiger partial charge in [-0.1, -0.05) is 48.0 Å². The molecule has 0 bridgehead atoms. The van der Waals surface area contributed by atoms with Crippen LogP contribution >= 0.6 is 11.6 Å². The molecule has 3 aliphatic heterocycles. The molecule has 0 unspecified atom stereocenters. The minimum Gasteiger partial charge on any atom is -0.371 e. The summed E-state index contributed by atoms with van der Waals surface area (Å²) in [5.74, 6) is -0.659. The lowest BCUT2D eigenvalue weighted by molar-refractivity contribution is -0.142. The van der Waals surface area contributed by atoms with Gasteiger partial charge < -0.3 is 41.4 Å². The molecule has 6 N–H and O–H groups in total. The van der Waals surface area contributed by atoms with E-state index in [-0.39, 0.29) is 29.2 Å². The van der Waals surface area contributed by atoms with Crippen molar-refractivity contribution in [2.24, 2.45) is 0 Å². The van der Waals surface area contributed by atoms with Gasteiger partial charge in [0.2, 0.25) is 0 Å². The first-order chi connectivity index (χ1) is 35.0. The number of carbonyl (C=O) groups excluding carboxylic acids is 3. The third kappa shape index (κ3) is 16.1. The van der Waals surface area contributed by atoms with Gasteiger partial charge in [-0.15, -0.1) is 0 Å². The highest BCUT2D eigenvalue weighted by Crippen LogP contribution is 2.30. The maximum atomic E-state index is 12.5. The average Bonchev–Trinajstić information content (AvgIpc) is 3.40. The van der Waals surface area contributed by atoms with Crippen LogP contribution in [0.1, 0.15) is 95.8 Å². The molecule has 0 aliphatic carbocycles. The van der Waals surface area contributed by atoms with Gasteiger partial charge in [0.1, 0.15) is 16.5 Å². The topological polar surface area (TPSA) is 181 Å². The second-order valence-electron chi connectivity index (χ2n) is 17.1. The van der Waals surface area contributed by atoms with Crippen LogP contribution in [0.3, 0.4) is 0 Å². The number of alkyl halides is 6. The molecule has 73 heavy (non-hydrogen) atoms. The van der Waals surface area contributed by atoms with Crippen molar-refractivity contribution in [3.8, 4) is 0 Å². The second-order valence-corrected chi connectivity index (χ2v) is 17.5. The van der Waals surface area contributed by atoms with Crippen LogP contribution < -0.4 is 31.9 Å². The Bertz CT molecular complexity index is 2600. The molecule has 384 valence electrons. The Morgan fingerprint density at radius 1 is 0.562 bits per heavy atom. The van der Waals surface area contributed by atoms with Crippen molar-refractivity contribution in [2.75, 3.05) is 68.4 Å². The molecule has 6 heterocycles. The van der Waals surface area contributed by atoms with Crippen molar-refractivity contribution in [3.05, 3.63) is 177 Å². The van der Waals surface area contributed by atoms with Crippen molar-refractivity contribution in [1.82, 2.24) is 30.9 Å². The van der Waals surface area contributed by atoms with Crippen LogP contribution in [-0.4, -0.2) is 85.2 Å². The van der Waals surface area contributed by atoms with Gasteiger partial charge in [-0.05, 0) is 122 Å². The normalized spacial score (nSPS) is 17.9. The largest absolute Gasteiger partial charge is 0.433 e. The fourth-order valence-electron chi connectivity index (χ4n) is 7.86. The quantitative estimate of drug-likeness (QED) is 0.0600. The van der Waals surface area contributed by atoms with Gasteiger partial charge >= 0.3 is 12.4 Å². The molecule has 21 heteroatoms. The highest BCUT2D eigenvalue weighted by Gasteiger charge is 2.33. The van der Waals surface area contributed by atoms with E-state index in [2.05, 4.69) is 59.0 Å². The van der Waals surface area contributed by atoms with Gasteiger partial charge in [-0.2, -0.15) is 26.3 Å². The third-order valence-corrected chi connectivity index (χ3v) is 11.9. The molecule has 3 fully saturated rings. The van der Waals surface area contributed by atoms with Crippen LogP contribution in [0.5, 0.6) is 0 Å². The molecule has 3 saturated heterocycles. The Kier molecular flexibility index (Phi) is 18.7. The Balaban J connectivity index is 0.000000160. The number of anilines is 3. The van der Waals surface area contributed by atoms with Gasteiger partial charge in [0.25, 0.3) is 17.7 Å². The zero-order chi connectivity index (χ0) is 52.0. The van der Waals surface area contributed by atoms with Gasteiger partial charge in [0.05, 0.1) is 36.5 Å². The number of halogens is 7. The summed E-state index contributed by atoms with van der Waals surface area (Å²) in [4.78, 5) is 47.1. The number of aryl methyl sites for hydroxylation is 1. The summed E-state index contributed by atoms with van der Waals surface area (Å²) in [5, 5.41) is 18.4. The minimum atomic E-state index is -4.53. The molecule has 0 spiro atoms. The predicted octanol–water partition coefficient (Wildman–Crippen LogP) is 9.79. The number of carbonyl (C=O) groups is 3. The SMILES string of the molecule is Cc1cc(C(=O)Nc2ccc([C@@H]3CCCNC3)cc2)cc(Cl)n1.O=C(Nc1ccc([C@@H]2CNCCO2)cc1)c1ccc(C(F)(F)F)nc1.O=C(Nc1ccc([C@H]2CNCCO2)cc1)c1ccc(C(F)(F)F)nc1. The Labute approximate surface area is 422 Å². The van der Waals surface area contributed by atoms with Crippen molar-refractivity contribution < 1.29 is 50.2 Å². The molecule has 0 radical (unpaired) electrons. The molecular formula is C52H52ClF6N9O5. The monoisotopic (exact) mass is 1030 g/mol. The van der Waals surface area contributed by atoms with Gasteiger partial charge in [0, 0.05) is 73.4 Å². The Morgan fingerprint density at radius 3 is 1.34 bits per heavy atom. The van der Waals surface area contributed by atoms with Crippen LogP contribution in [0.25, 0.3) is 0 Å². The molecule has 3 aromatic heterocycles. The lowest BCUT2D eigenvalue weighted by Crippen LogP contribution is -2.33. The van der Waals surface area contributed by atoms with Crippen LogP contribution in [0, 0.1) is 6.92 Å². The molecule has 9 rings (SSSR count). The number of ether oxygens (including phenoxy) is 2. The van der Waals surface area contributed by atoms with Gasteiger partial charge in [0.15, 0.2) is 0 Å². The highest BCUT2D eigenvalue weighted by atomic mass is 35.5. The van der Waals surface area contributed by atoms with Gasteiger partial charge in [-0.3, -0.25) is 24.4 Å². The standard InChI is InChI=1S/C18H20ClN3O.2C17H16F3N3O2/c1-12-9-15(10-17(19)21-12)18(23)22-16-6-4-13(5-7-16)14-3-2-8-20-11-14;2*18-17(19,20)15-6-3-12(9-22-15)16(24)23-13-4-1-11(2-5-13)14-10-21-7-8-25-14/h4-7,9-10,14,20H,2-3,8,11H2,1H3,(H,22,23);2*1-6,9,14,21H,7-8,10H2,(H,23,24)/t3*14-/m110/s1. The molecule has 14 nitrogen and oxygen atoms in total. The number of aromatic nitrogens is 3. The van der Waals surface area contributed by atoms with Crippen molar-refractivity contribution >= 4 is 46.4 Å². The van der Waals surface area contributed by atoms with E-state index in [0.29, 0.717) is 41.2 Å². The predicted molar refractivity (Wildman–Crippen MR) is 264 cm³/mol. The number of nitrogens with zero attached hydrogens (tertiary/aromatic N) is 3. The summed E-state index contributed by atoms with van der Waals surface area (Å²) in [6.07, 6.45) is -4.86. The van der Waals surface area contributed by atoms with Crippen molar-refractivity contribution in [3.63, 3.8) is 0 Å². The summed E-state index contributed by atoms with van der Waals surface area (Å²) < 4.78 is 86.2. The number of benzene rings is 3. The maximum absolute atomic E-state index is 12.5. The number of hydrogen-bond acceptors (Lipinski definition) is 11. The summed E-state index contributed by atoms with van der Waals surface area (Å²) in [7, 11) is 0. The lowest BCUT2D eigenvalue weighted by atomic mass is 9.91. The summed E-state index contributed by atoms with van der Waals surface area (Å²) in [6, 6.07) is 29.4.